The highest BCUT2D eigenvalue weighted by atomic mass is 35.5. The topological polar surface area (TPSA) is 54.1 Å². The van der Waals surface area contributed by atoms with Gasteiger partial charge in [-0.25, -0.2) is 4.99 Å². The summed E-state index contributed by atoms with van der Waals surface area (Å²) in [5.74, 6) is -0.669. The molecule has 4 nitrogen and oxygen atoms in total. The van der Waals surface area contributed by atoms with E-state index in [2.05, 4.69) is 15.0 Å². The van der Waals surface area contributed by atoms with Crippen LogP contribution in [-0.2, 0) is 4.79 Å². The Bertz CT molecular complexity index is 354. The van der Waals surface area contributed by atoms with Crippen LogP contribution in [0.2, 0.25) is 0 Å². The quantitative estimate of drug-likeness (QED) is 0.510. The number of carbonyl (C=O) groups excluding carboxylic acids is 1. The number of nitrogens with zero attached hydrogens (tertiary/aromatic N) is 3. The average Bonchev–Trinajstić information content (AvgIpc) is 2.04. The molecule has 12 heavy (non-hydrogen) atoms. The lowest BCUT2D eigenvalue weighted by molar-refractivity contribution is -0.118. The predicted octanol–water partition coefficient (Wildman–Crippen LogP) is 0.777. The summed E-state index contributed by atoms with van der Waals surface area (Å²) in [6.07, 6.45) is 4.71. The Hall–Kier alpha value is -1.29. The number of fused-ring (bicyclic) bond motifs is 1. The fourth-order valence-corrected chi connectivity index (χ4v) is 1.21. The first-order chi connectivity index (χ1) is 5.77. The first-order valence-corrected chi connectivity index (χ1v) is 3.71. The second-order valence-electron chi connectivity index (χ2n) is 2.35. The van der Waals surface area contributed by atoms with E-state index in [4.69, 9.17) is 11.6 Å². The van der Waals surface area contributed by atoms with E-state index in [0.717, 1.165) is 0 Å². The summed E-state index contributed by atoms with van der Waals surface area (Å²) in [6, 6.07) is 0. The van der Waals surface area contributed by atoms with E-state index in [0.29, 0.717) is 5.71 Å². The molecule has 0 aromatic carbocycles. The van der Waals surface area contributed by atoms with Gasteiger partial charge >= 0.3 is 0 Å². The molecule has 1 unspecified atom stereocenters. The Morgan fingerprint density at radius 1 is 1.42 bits per heavy atom. The summed E-state index contributed by atoms with van der Waals surface area (Å²) in [5.41, 5.74) is 0.558. The molecular formula is C7H4ClN3O. The molecule has 2 aliphatic rings. The van der Waals surface area contributed by atoms with Gasteiger partial charge in [-0.15, -0.1) is 0 Å². The van der Waals surface area contributed by atoms with E-state index < -0.39 is 0 Å². The molecule has 0 aromatic heterocycles. The molecule has 2 heterocycles. The molecular weight excluding hydrogens is 178 g/mol. The van der Waals surface area contributed by atoms with Gasteiger partial charge in [0.25, 0.3) is 5.91 Å². The van der Waals surface area contributed by atoms with Crippen molar-refractivity contribution < 1.29 is 4.79 Å². The third-order valence-electron chi connectivity index (χ3n) is 1.58. The molecule has 2 aliphatic heterocycles. The van der Waals surface area contributed by atoms with Crippen LogP contribution in [-0.4, -0.2) is 23.1 Å². The van der Waals surface area contributed by atoms with Gasteiger partial charge in [-0.05, 0) is 17.7 Å². The smallest absolute Gasteiger partial charge is 0.261 e. The van der Waals surface area contributed by atoms with Crippen LogP contribution in [0.3, 0.4) is 0 Å². The summed E-state index contributed by atoms with van der Waals surface area (Å²) in [5, 5.41) is -0.0204. The van der Waals surface area contributed by atoms with Crippen molar-refractivity contribution in [1.29, 1.82) is 0 Å². The minimum absolute atomic E-state index is 0.0204. The molecule has 1 atom stereocenters. The van der Waals surface area contributed by atoms with Crippen molar-refractivity contribution in [2.45, 2.75) is 0 Å². The van der Waals surface area contributed by atoms with Crippen molar-refractivity contribution in [2.75, 3.05) is 0 Å². The van der Waals surface area contributed by atoms with Crippen molar-refractivity contribution >= 4 is 34.7 Å². The highest BCUT2D eigenvalue weighted by Gasteiger charge is 2.26. The summed E-state index contributed by atoms with van der Waals surface area (Å²) in [4.78, 5) is 22.4. The first kappa shape index (κ1) is 7.36. The molecule has 0 aliphatic carbocycles. The van der Waals surface area contributed by atoms with Crippen LogP contribution in [0.25, 0.3) is 0 Å². The van der Waals surface area contributed by atoms with E-state index in [-0.39, 0.29) is 17.1 Å². The molecule has 0 spiro atoms. The van der Waals surface area contributed by atoms with Crippen molar-refractivity contribution in [2.24, 2.45) is 20.9 Å². The molecule has 0 radical (unpaired) electrons. The van der Waals surface area contributed by atoms with Crippen LogP contribution >= 0.6 is 11.6 Å². The van der Waals surface area contributed by atoms with Gasteiger partial charge in [0, 0.05) is 12.4 Å². The molecule has 0 N–H and O–H groups in total. The maximum absolute atomic E-state index is 11.2. The molecule has 2 rings (SSSR count). The average molecular weight is 182 g/mol. The minimum Gasteiger partial charge on any atom is -0.271 e. The Kier molecular flexibility index (Phi) is 1.62. The molecule has 0 fully saturated rings. The maximum Gasteiger partial charge on any atom is 0.261 e. The SMILES string of the molecule is O=C1N=C(Cl)N=C2C=NC=CC12. The molecule has 0 bridgehead atoms. The lowest BCUT2D eigenvalue weighted by Crippen LogP contribution is -2.28. The van der Waals surface area contributed by atoms with Crippen molar-refractivity contribution in [3.05, 3.63) is 12.3 Å². The van der Waals surface area contributed by atoms with Crippen molar-refractivity contribution in [1.82, 2.24) is 0 Å². The number of carbonyl (C=O) groups is 1. The summed E-state index contributed by atoms with van der Waals surface area (Å²) in [7, 11) is 0. The zero-order valence-corrected chi connectivity index (χ0v) is 6.69. The fraction of sp³-hybridized carbons (Fsp3) is 0.143. The van der Waals surface area contributed by atoms with E-state index in [9.17, 15) is 4.79 Å². The number of amides is 1. The molecule has 0 aromatic rings. The Labute approximate surface area is 73.4 Å². The van der Waals surface area contributed by atoms with Gasteiger partial charge in [0.15, 0.2) is 0 Å². The van der Waals surface area contributed by atoms with Gasteiger partial charge in [-0.1, -0.05) is 0 Å². The molecule has 0 saturated heterocycles. The van der Waals surface area contributed by atoms with Gasteiger partial charge in [-0.2, -0.15) is 4.99 Å². The Morgan fingerprint density at radius 3 is 3.08 bits per heavy atom. The normalized spacial score (nSPS) is 26.4. The van der Waals surface area contributed by atoms with E-state index in [1.807, 2.05) is 0 Å². The van der Waals surface area contributed by atoms with E-state index in [1.54, 1.807) is 12.3 Å². The lowest BCUT2D eigenvalue weighted by atomic mass is 10.0. The third-order valence-corrected chi connectivity index (χ3v) is 1.75. The third kappa shape index (κ3) is 1.10. The van der Waals surface area contributed by atoms with Gasteiger partial charge < -0.3 is 0 Å². The summed E-state index contributed by atoms with van der Waals surface area (Å²) >= 11 is 5.49. The highest BCUT2D eigenvalue weighted by Crippen LogP contribution is 2.14. The van der Waals surface area contributed by atoms with Crippen LogP contribution in [0.5, 0.6) is 0 Å². The van der Waals surface area contributed by atoms with Gasteiger partial charge in [0.1, 0.15) is 5.92 Å². The van der Waals surface area contributed by atoms with Crippen LogP contribution < -0.4 is 0 Å². The molecule has 5 heteroatoms. The standard InChI is InChI=1S/C7H4ClN3O/c8-7-10-5-3-9-2-1-4(5)6(12)11-7/h1-4H. The molecule has 0 saturated carbocycles. The second kappa shape index (κ2) is 2.64. The number of hydrogen-bond acceptors (Lipinski definition) is 3. The van der Waals surface area contributed by atoms with Crippen LogP contribution in [0.15, 0.2) is 27.3 Å². The number of rotatable bonds is 0. The molecule has 60 valence electrons. The van der Waals surface area contributed by atoms with E-state index >= 15 is 0 Å². The van der Waals surface area contributed by atoms with E-state index in [1.165, 1.54) is 6.21 Å². The zero-order valence-electron chi connectivity index (χ0n) is 5.94. The number of amidine groups is 1. The lowest BCUT2D eigenvalue weighted by Gasteiger charge is -2.13. The Balaban J connectivity index is 2.45. The first-order valence-electron chi connectivity index (χ1n) is 3.34. The number of halogens is 1. The fourth-order valence-electron chi connectivity index (χ4n) is 1.03. The van der Waals surface area contributed by atoms with Gasteiger partial charge in [-0.3, -0.25) is 9.79 Å². The van der Waals surface area contributed by atoms with Crippen LogP contribution in [0.4, 0.5) is 0 Å². The molecule has 1 amide bonds. The number of aliphatic imine (C=N–C) groups is 3. The second-order valence-corrected chi connectivity index (χ2v) is 2.69. The summed E-state index contributed by atoms with van der Waals surface area (Å²) < 4.78 is 0. The van der Waals surface area contributed by atoms with Crippen molar-refractivity contribution in [3.8, 4) is 0 Å². The van der Waals surface area contributed by atoms with Crippen molar-refractivity contribution in [3.63, 3.8) is 0 Å². The minimum atomic E-state index is -0.384. The van der Waals surface area contributed by atoms with Crippen LogP contribution in [0.1, 0.15) is 0 Å². The monoisotopic (exact) mass is 181 g/mol. The van der Waals surface area contributed by atoms with Gasteiger partial charge in [0.2, 0.25) is 5.29 Å². The van der Waals surface area contributed by atoms with Crippen LogP contribution in [0, 0.1) is 5.92 Å². The van der Waals surface area contributed by atoms with Gasteiger partial charge in [0.05, 0.1) is 5.71 Å². The maximum atomic E-state index is 11.2. The number of hydrogen-bond donors (Lipinski definition) is 0. The Morgan fingerprint density at radius 2 is 2.25 bits per heavy atom. The highest BCUT2D eigenvalue weighted by molar-refractivity contribution is 6.68. The summed E-state index contributed by atoms with van der Waals surface area (Å²) in [6.45, 7) is 0. The predicted molar refractivity (Wildman–Crippen MR) is 46.9 cm³/mol. The largest absolute Gasteiger partial charge is 0.271 e. The zero-order chi connectivity index (χ0) is 8.55.